The number of carbonyl (C=O) groups excluding carboxylic acids is 1. The van der Waals surface area contributed by atoms with Crippen LogP contribution in [0.4, 0.5) is 0 Å². The molecule has 5 heteroatoms. The van der Waals surface area contributed by atoms with Gasteiger partial charge in [0.05, 0.1) is 0 Å². The average Bonchev–Trinajstić information content (AvgIpc) is 2.84. The molecule has 0 saturated carbocycles. The Hall–Kier alpha value is -2.33. The molecule has 2 N–H and O–H groups in total. The summed E-state index contributed by atoms with van der Waals surface area (Å²) in [6.45, 7) is 4.30. The first-order valence-corrected chi connectivity index (χ1v) is 11.8. The van der Waals surface area contributed by atoms with Gasteiger partial charge in [0.15, 0.2) is 0 Å². The van der Waals surface area contributed by atoms with E-state index in [0.29, 0.717) is 6.54 Å². The SMILES string of the molecule is CC(=O)NCCCC(CCCNCCc1ccccc1)(c1ccccc1)c1ccccc1.Cl.Cl. The minimum Gasteiger partial charge on any atom is -0.356 e. The summed E-state index contributed by atoms with van der Waals surface area (Å²) in [7, 11) is 0. The Kier molecular flexibility index (Phi) is 14.3. The van der Waals surface area contributed by atoms with E-state index in [9.17, 15) is 4.79 Å². The molecule has 3 nitrogen and oxygen atoms in total. The van der Waals surface area contributed by atoms with Gasteiger partial charge in [0, 0.05) is 18.9 Å². The van der Waals surface area contributed by atoms with Gasteiger partial charge in [0.25, 0.3) is 0 Å². The predicted octanol–water partition coefficient (Wildman–Crippen LogP) is 6.35. The maximum atomic E-state index is 11.4. The quantitative estimate of drug-likeness (QED) is 0.268. The molecule has 0 spiro atoms. The van der Waals surface area contributed by atoms with Crippen LogP contribution in [0.3, 0.4) is 0 Å². The smallest absolute Gasteiger partial charge is 0.216 e. The molecule has 0 heterocycles. The van der Waals surface area contributed by atoms with Crippen molar-refractivity contribution in [1.82, 2.24) is 10.6 Å². The fraction of sp³-hybridized carbons (Fsp3) is 0.345. The molecule has 0 aliphatic carbocycles. The lowest BCUT2D eigenvalue weighted by molar-refractivity contribution is -0.118. The van der Waals surface area contributed by atoms with Gasteiger partial charge < -0.3 is 10.6 Å². The van der Waals surface area contributed by atoms with Gasteiger partial charge in [-0.15, -0.1) is 24.8 Å². The maximum Gasteiger partial charge on any atom is 0.216 e. The van der Waals surface area contributed by atoms with Gasteiger partial charge in [-0.25, -0.2) is 0 Å². The first-order chi connectivity index (χ1) is 15.7. The lowest BCUT2D eigenvalue weighted by atomic mass is 9.68. The van der Waals surface area contributed by atoms with Crippen LogP contribution in [-0.4, -0.2) is 25.5 Å². The molecule has 0 radical (unpaired) electrons. The summed E-state index contributed by atoms with van der Waals surface area (Å²) in [5.74, 6) is 0.0395. The third-order valence-corrected chi connectivity index (χ3v) is 6.20. The molecule has 0 unspecified atom stereocenters. The fourth-order valence-corrected chi connectivity index (χ4v) is 4.56. The molecule has 0 fully saturated rings. The number of rotatable bonds is 13. The number of amides is 1. The van der Waals surface area contributed by atoms with Crippen molar-refractivity contribution in [2.75, 3.05) is 19.6 Å². The number of halogens is 2. The Balaban J connectivity index is 0.00000289. The maximum absolute atomic E-state index is 11.4. The van der Waals surface area contributed by atoms with E-state index >= 15 is 0 Å². The number of hydrogen-bond donors (Lipinski definition) is 2. The molecule has 0 aliphatic heterocycles. The molecule has 0 bridgehead atoms. The second-order valence-electron chi connectivity index (χ2n) is 8.49. The average molecular weight is 502 g/mol. The van der Waals surface area contributed by atoms with E-state index in [2.05, 4.69) is 102 Å². The summed E-state index contributed by atoms with van der Waals surface area (Å²) < 4.78 is 0. The first kappa shape index (κ1) is 29.7. The van der Waals surface area contributed by atoms with Gasteiger partial charge in [-0.1, -0.05) is 91.0 Å². The fourth-order valence-electron chi connectivity index (χ4n) is 4.56. The normalized spacial score (nSPS) is 10.6. The van der Waals surface area contributed by atoms with Gasteiger partial charge in [0.1, 0.15) is 0 Å². The Morgan fingerprint density at radius 1 is 0.676 bits per heavy atom. The van der Waals surface area contributed by atoms with Crippen molar-refractivity contribution in [2.24, 2.45) is 0 Å². The molecule has 1 amide bonds. The Labute approximate surface area is 217 Å². The van der Waals surface area contributed by atoms with Crippen molar-refractivity contribution in [2.45, 2.75) is 44.4 Å². The molecular weight excluding hydrogens is 463 g/mol. The zero-order chi connectivity index (χ0) is 22.5. The molecule has 3 aromatic carbocycles. The second-order valence-corrected chi connectivity index (χ2v) is 8.49. The van der Waals surface area contributed by atoms with Crippen LogP contribution in [-0.2, 0) is 16.6 Å². The van der Waals surface area contributed by atoms with E-state index in [1.807, 2.05) is 0 Å². The van der Waals surface area contributed by atoms with Gasteiger partial charge in [-0.2, -0.15) is 0 Å². The van der Waals surface area contributed by atoms with Crippen molar-refractivity contribution in [3.63, 3.8) is 0 Å². The minimum atomic E-state index is -0.0535. The Morgan fingerprint density at radius 3 is 1.65 bits per heavy atom. The van der Waals surface area contributed by atoms with E-state index in [1.165, 1.54) is 16.7 Å². The summed E-state index contributed by atoms with van der Waals surface area (Å²) in [5, 5.41) is 6.60. The molecule has 0 aliphatic rings. The first-order valence-electron chi connectivity index (χ1n) is 11.8. The predicted molar refractivity (Wildman–Crippen MR) is 148 cm³/mol. The highest BCUT2D eigenvalue weighted by atomic mass is 35.5. The molecule has 0 saturated heterocycles. The number of benzene rings is 3. The third-order valence-electron chi connectivity index (χ3n) is 6.20. The summed E-state index contributed by atoms with van der Waals surface area (Å²) >= 11 is 0. The highest BCUT2D eigenvalue weighted by Gasteiger charge is 2.33. The Bertz CT molecular complexity index is 881. The summed E-state index contributed by atoms with van der Waals surface area (Å²) in [4.78, 5) is 11.4. The van der Waals surface area contributed by atoms with Gasteiger partial charge in [-0.3, -0.25) is 4.79 Å². The van der Waals surface area contributed by atoms with Crippen LogP contribution in [0.25, 0.3) is 0 Å². The van der Waals surface area contributed by atoms with Crippen LogP contribution in [0, 0.1) is 0 Å². The monoisotopic (exact) mass is 500 g/mol. The van der Waals surface area contributed by atoms with E-state index in [4.69, 9.17) is 0 Å². The van der Waals surface area contributed by atoms with Crippen LogP contribution in [0.1, 0.15) is 49.3 Å². The van der Waals surface area contributed by atoms with E-state index in [1.54, 1.807) is 6.92 Å². The lowest BCUT2D eigenvalue weighted by Crippen LogP contribution is -2.31. The van der Waals surface area contributed by atoms with Crippen LogP contribution in [0.5, 0.6) is 0 Å². The molecule has 34 heavy (non-hydrogen) atoms. The van der Waals surface area contributed by atoms with Gasteiger partial charge in [0.2, 0.25) is 5.91 Å². The Morgan fingerprint density at radius 2 is 1.15 bits per heavy atom. The van der Waals surface area contributed by atoms with Crippen LogP contribution >= 0.6 is 24.8 Å². The van der Waals surface area contributed by atoms with E-state index in [-0.39, 0.29) is 36.1 Å². The molecule has 0 aromatic heterocycles. The molecule has 184 valence electrons. The molecule has 3 aromatic rings. The zero-order valence-electron chi connectivity index (χ0n) is 20.0. The minimum absolute atomic E-state index is 0. The highest BCUT2D eigenvalue weighted by Crippen LogP contribution is 2.40. The van der Waals surface area contributed by atoms with E-state index in [0.717, 1.165) is 45.2 Å². The number of hydrogen-bond acceptors (Lipinski definition) is 2. The van der Waals surface area contributed by atoms with Crippen molar-refractivity contribution in [1.29, 1.82) is 0 Å². The largest absolute Gasteiger partial charge is 0.356 e. The lowest BCUT2D eigenvalue weighted by Gasteiger charge is -2.36. The topological polar surface area (TPSA) is 41.1 Å². The van der Waals surface area contributed by atoms with Crippen molar-refractivity contribution in [3.8, 4) is 0 Å². The summed E-state index contributed by atoms with van der Waals surface area (Å²) in [5.41, 5.74) is 4.04. The number of carbonyl (C=O) groups is 1. The molecular formula is C29H38Cl2N2O. The second kappa shape index (κ2) is 16.3. The standard InChI is InChI=1S/C29H36N2O.2ClH/c1-25(32)31-23-12-21-29(27-15-7-3-8-16-27,28-17-9-4-10-18-28)20-11-22-30-24-19-26-13-5-2-6-14-26;;/h2-10,13-18,30H,11-12,19-24H2,1H3,(H,31,32);2*1H. The summed E-state index contributed by atoms with van der Waals surface area (Å²) in [6, 6.07) is 32.4. The third kappa shape index (κ3) is 9.13. The molecule has 3 rings (SSSR count). The van der Waals surface area contributed by atoms with E-state index < -0.39 is 0 Å². The van der Waals surface area contributed by atoms with Crippen molar-refractivity contribution < 1.29 is 4.79 Å². The van der Waals surface area contributed by atoms with Crippen LogP contribution in [0.2, 0.25) is 0 Å². The summed E-state index contributed by atoms with van der Waals surface area (Å²) in [6.07, 6.45) is 5.17. The van der Waals surface area contributed by atoms with Gasteiger partial charge >= 0.3 is 0 Å². The van der Waals surface area contributed by atoms with Crippen LogP contribution < -0.4 is 10.6 Å². The number of nitrogens with one attached hydrogen (secondary N) is 2. The van der Waals surface area contributed by atoms with Crippen LogP contribution in [0.15, 0.2) is 91.0 Å². The van der Waals surface area contributed by atoms with Gasteiger partial charge in [-0.05, 0) is 61.9 Å². The molecule has 0 atom stereocenters. The van der Waals surface area contributed by atoms with Crippen molar-refractivity contribution in [3.05, 3.63) is 108 Å². The van der Waals surface area contributed by atoms with Crippen molar-refractivity contribution >= 4 is 30.7 Å². The zero-order valence-corrected chi connectivity index (χ0v) is 21.7. The highest BCUT2D eigenvalue weighted by molar-refractivity contribution is 5.85.